The standard InChI is InChI=1S/C21H19F7N2OS.C13H15F6NOS.C8H5BrFN.Na.H/c1-11-17(32-19(30-11)13-4-6-15(7-5-13)20(23,24)25)18(21(26,27)28)31-10-12-2-3-14(9-29)16(22)8-12;1-6-9(10(21)13(17,18)19)22-11(20-6)7-2-4-8(5-3-7)12(14,15)16;9-4-6-1-2-7(5-11)8(10)3-6;;/h2-3,8,13,15,18H,4-7,10H2,1H3;7-8,10,21H,2-5H2,1H3;1-3H,4H2;;/q;;;+1;-1. The van der Waals surface area contributed by atoms with Crippen molar-refractivity contribution < 1.29 is 102 Å². The van der Waals surface area contributed by atoms with E-state index in [1.807, 2.05) is 0 Å². The van der Waals surface area contributed by atoms with Crippen molar-refractivity contribution in [3.63, 3.8) is 0 Å². The maximum Gasteiger partial charge on any atom is 1.00 e. The number of aryl methyl sites for hydroxylation is 2. The van der Waals surface area contributed by atoms with Crippen molar-refractivity contribution in [2.75, 3.05) is 0 Å². The van der Waals surface area contributed by atoms with E-state index in [2.05, 4.69) is 25.9 Å². The molecule has 2 heterocycles. The van der Waals surface area contributed by atoms with E-state index in [9.17, 15) is 66.6 Å². The number of halogens is 15. The van der Waals surface area contributed by atoms with Crippen molar-refractivity contribution in [3.8, 4) is 12.1 Å². The number of benzene rings is 2. The maximum absolute atomic E-state index is 13.7. The molecule has 2 aliphatic rings. The molecule has 66 heavy (non-hydrogen) atoms. The summed E-state index contributed by atoms with van der Waals surface area (Å²) in [5.74, 6) is -4.64. The van der Waals surface area contributed by atoms with Crippen molar-refractivity contribution in [2.24, 2.45) is 11.8 Å². The molecule has 0 aliphatic heterocycles. The van der Waals surface area contributed by atoms with Gasteiger partial charge in [-0.3, -0.25) is 0 Å². The van der Waals surface area contributed by atoms with Crippen molar-refractivity contribution >= 4 is 38.6 Å². The van der Waals surface area contributed by atoms with Gasteiger partial charge in [0.25, 0.3) is 0 Å². The third-order valence-electron chi connectivity index (χ3n) is 10.7. The Morgan fingerprint density at radius 2 is 1.08 bits per heavy atom. The van der Waals surface area contributed by atoms with Crippen molar-refractivity contribution in [1.29, 1.82) is 10.5 Å². The third kappa shape index (κ3) is 15.8. The summed E-state index contributed by atoms with van der Waals surface area (Å²) in [7, 11) is 0. The van der Waals surface area contributed by atoms with Gasteiger partial charge in [-0.15, -0.1) is 22.7 Å². The van der Waals surface area contributed by atoms with E-state index < -0.39 is 67.0 Å². The molecule has 0 spiro atoms. The second-order valence-corrected chi connectivity index (χ2v) is 18.0. The summed E-state index contributed by atoms with van der Waals surface area (Å²) in [5, 5.41) is 27.8. The Morgan fingerprint density at radius 3 is 1.44 bits per heavy atom. The number of aliphatic hydroxyl groups is 1. The molecule has 4 aromatic rings. The molecule has 1 N–H and O–H groups in total. The first-order chi connectivity index (χ1) is 30.2. The summed E-state index contributed by atoms with van der Waals surface area (Å²) < 4.78 is 187. The van der Waals surface area contributed by atoms with Crippen LogP contribution < -0.4 is 29.6 Å². The minimum Gasteiger partial charge on any atom is -1.00 e. The number of alkyl halides is 13. The Hall–Kier alpha value is -2.90. The Kier molecular flexibility index (Phi) is 21.0. The van der Waals surface area contributed by atoms with Gasteiger partial charge in [-0.05, 0) is 101 Å². The molecule has 2 atom stereocenters. The second kappa shape index (κ2) is 24.1. The maximum atomic E-state index is 13.7. The Labute approximate surface area is 410 Å². The molecule has 0 radical (unpaired) electrons. The third-order valence-corrected chi connectivity index (χ3v) is 14.1. The van der Waals surface area contributed by atoms with E-state index in [1.165, 1.54) is 32.0 Å². The number of hydrogen-bond donors (Lipinski definition) is 1. The van der Waals surface area contributed by atoms with E-state index in [1.54, 1.807) is 18.2 Å². The average molecular weight is 1070 g/mol. The molecule has 2 aromatic carbocycles. The van der Waals surface area contributed by atoms with Crippen LogP contribution >= 0.6 is 38.6 Å². The molecule has 2 fully saturated rings. The number of thiazole rings is 2. The van der Waals surface area contributed by atoms with E-state index in [-0.39, 0.29) is 132 Å². The number of nitrogens with zero attached hydrogens (tertiary/aromatic N) is 4. The van der Waals surface area contributed by atoms with Gasteiger partial charge in [-0.25, -0.2) is 18.7 Å². The van der Waals surface area contributed by atoms with Crippen LogP contribution in [-0.4, -0.2) is 39.8 Å². The van der Waals surface area contributed by atoms with Crippen LogP contribution in [-0.2, 0) is 16.7 Å². The largest absolute Gasteiger partial charge is 1.00 e. The SMILES string of the molecule is Cc1nc(C2CCC(C(F)(F)F)CC2)sc1C(O)C(F)(F)F.Cc1nc(C2CCC(C(F)(F)F)CC2)sc1C(OCc1ccc(C#N)c(F)c1)C(F)(F)F.N#Cc1ccc(CBr)cc1F.[H-].[Na+]. The van der Waals surface area contributed by atoms with Crippen LogP contribution in [0.5, 0.6) is 0 Å². The van der Waals surface area contributed by atoms with Crippen LogP contribution in [0.4, 0.5) is 61.5 Å². The quantitative estimate of drug-likeness (QED) is 0.107. The zero-order chi connectivity index (χ0) is 48.7. The van der Waals surface area contributed by atoms with Gasteiger partial charge >= 0.3 is 54.3 Å². The first kappa shape index (κ1) is 57.4. The fourth-order valence-corrected chi connectivity index (χ4v) is 10.1. The van der Waals surface area contributed by atoms with Gasteiger partial charge in [0, 0.05) is 17.2 Å². The van der Waals surface area contributed by atoms with Gasteiger partial charge in [0.05, 0.1) is 60.7 Å². The summed E-state index contributed by atoms with van der Waals surface area (Å²) in [4.78, 5) is 7.80. The smallest absolute Gasteiger partial charge is 1.00 e. The molecule has 2 saturated carbocycles. The number of nitriles is 2. The molecular weight excluding hydrogens is 1030 g/mol. The van der Waals surface area contributed by atoms with Crippen molar-refractivity contribution in [3.05, 3.63) is 101 Å². The second-order valence-electron chi connectivity index (χ2n) is 15.3. The number of ether oxygens (including phenoxy) is 1. The fourth-order valence-electron chi connectivity index (χ4n) is 7.16. The Balaban J connectivity index is 0.000000381. The van der Waals surface area contributed by atoms with E-state index in [4.69, 9.17) is 15.3 Å². The summed E-state index contributed by atoms with van der Waals surface area (Å²) in [6.45, 7) is 2.22. The van der Waals surface area contributed by atoms with Gasteiger partial charge in [0.1, 0.15) is 23.8 Å². The van der Waals surface area contributed by atoms with Gasteiger partial charge in [0.2, 0.25) is 0 Å². The summed E-state index contributed by atoms with van der Waals surface area (Å²) in [6, 6.07) is 11.3. The van der Waals surface area contributed by atoms with Crippen molar-refractivity contribution in [2.45, 2.75) is 126 Å². The van der Waals surface area contributed by atoms with Crippen LogP contribution in [0.1, 0.15) is 130 Å². The summed E-state index contributed by atoms with van der Waals surface area (Å²) >= 11 is 4.74. The molecule has 6 nitrogen and oxygen atoms in total. The first-order valence-corrected chi connectivity index (χ1v) is 22.4. The first-order valence-electron chi connectivity index (χ1n) is 19.6. The predicted molar refractivity (Wildman–Crippen MR) is 216 cm³/mol. The van der Waals surface area contributed by atoms with E-state index in [0.717, 1.165) is 40.4 Å². The topological polar surface area (TPSA) is 103 Å². The number of rotatable bonds is 8. The summed E-state index contributed by atoms with van der Waals surface area (Å²) in [6.07, 6.45) is -22.3. The van der Waals surface area contributed by atoms with Crippen LogP contribution in [0, 0.1) is 60.0 Å². The van der Waals surface area contributed by atoms with E-state index in [0.29, 0.717) is 15.3 Å². The summed E-state index contributed by atoms with van der Waals surface area (Å²) in [5.41, 5.74) is 1.02. The predicted octanol–water partition coefficient (Wildman–Crippen LogP) is 11.7. The molecule has 0 amide bonds. The molecule has 358 valence electrons. The van der Waals surface area contributed by atoms with Crippen LogP contribution in [0.15, 0.2) is 36.4 Å². The Morgan fingerprint density at radius 1 is 0.682 bits per heavy atom. The number of hydrogen-bond acceptors (Lipinski definition) is 8. The zero-order valence-corrected chi connectivity index (χ0v) is 40.3. The molecule has 0 saturated heterocycles. The normalized spacial score (nSPS) is 20.0. The molecule has 2 unspecified atom stereocenters. The monoisotopic (exact) mass is 1060 g/mol. The van der Waals surface area contributed by atoms with Crippen LogP contribution in [0.25, 0.3) is 0 Å². The zero-order valence-electron chi connectivity index (χ0n) is 36.1. The Bertz CT molecular complexity index is 2300. The van der Waals surface area contributed by atoms with Crippen LogP contribution in [0.3, 0.4) is 0 Å². The molecule has 6 rings (SSSR count). The molecule has 24 heteroatoms. The van der Waals surface area contributed by atoms with Crippen molar-refractivity contribution in [1.82, 2.24) is 9.97 Å². The van der Waals surface area contributed by atoms with E-state index >= 15 is 0 Å². The van der Waals surface area contributed by atoms with Gasteiger partial charge in [0.15, 0.2) is 12.2 Å². The van der Waals surface area contributed by atoms with Gasteiger partial charge in [-0.2, -0.15) is 63.2 Å². The van der Waals surface area contributed by atoms with Gasteiger partial charge < -0.3 is 11.3 Å². The minimum atomic E-state index is -4.78. The fraction of sp³-hybridized carbons (Fsp3) is 0.524. The molecule has 2 aromatic heterocycles. The number of aromatic nitrogens is 2. The number of aliphatic hydroxyl groups excluding tert-OH is 1. The van der Waals surface area contributed by atoms with Crippen LogP contribution in [0.2, 0.25) is 0 Å². The molecule has 0 bridgehead atoms. The minimum absolute atomic E-state index is 0. The molecular formula is C42H40BrF14N4NaO2S2. The van der Waals surface area contributed by atoms with Gasteiger partial charge in [-0.1, -0.05) is 28.1 Å². The average Bonchev–Trinajstić information content (AvgIpc) is 3.81. The molecule has 2 aliphatic carbocycles.